The van der Waals surface area contributed by atoms with Crippen molar-refractivity contribution in [2.75, 3.05) is 5.32 Å². The number of rotatable bonds is 3. The first-order valence-electron chi connectivity index (χ1n) is 6.16. The maximum atomic E-state index is 11.7. The molecule has 98 valence electrons. The van der Waals surface area contributed by atoms with Gasteiger partial charge >= 0.3 is 6.03 Å². The van der Waals surface area contributed by atoms with Gasteiger partial charge in [0.15, 0.2) is 0 Å². The van der Waals surface area contributed by atoms with Gasteiger partial charge in [-0.05, 0) is 37.1 Å². The van der Waals surface area contributed by atoms with Crippen molar-refractivity contribution in [1.82, 2.24) is 10.3 Å². The molecule has 0 bridgehead atoms. The zero-order chi connectivity index (χ0) is 13.7. The van der Waals surface area contributed by atoms with E-state index in [-0.39, 0.29) is 6.03 Å². The van der Waals surface area contributed by atoms with E-state index in [1.165, 1.54) is 5.56 Å². The van der Waals surface area contributed by atoms with Crippen LogP contribution < -0.4 is 10.6 Å². The summed E-state index contributed by atoms with van der Waals surface area (Å²) < 4.78 is 0. The zero-order valence-corrected chi connectivity index (χ0v) is 11.1. The number of hydrogen-bond acceptors (Lipinski definition) is 2. The highest BCUT2D eigenvalue weighted by Crippen LogP contribution is 2.05. The third-order valence-corrected chi connectivity index (χ3v) is 2.73. The van der Waals surface area contributed by atoms with Crippen LogP contribution in [0.4, 0.5) is 10.6 Å². The Balaban J connectivity index is 1.86. The normalized spacial score (nSPS) is 10.0. The number of carbonyl (C=O) groups excluding carboxylic acids is 1. The minimum Gasteiger partial charge on any atom is -0.334 e. The number of aromatic nitrogens is 1. The van der Waals surface area contributed by atoms with Crippen LogP contribution in [0.25, 0.3) is 0 Å². The Hall–Kier alpha value is -2.36. The van der Waals surface area contributed by atoms with E-state index >= 15 is 0 Å². The second-order valence-electron chi connectivity index (χ2n) is 4.51. The highest BCUT2D eigenvalue weighted by Gasteiger charge is 2.02. The molecule has 0 aliphatic rings. The van der Waals surface area contributed by atoms with Crippen molar-refractivity contribution in [1.29, 1.82) is 0 Å². The van der Waals surface area contributed by atoms with Crippen LogP contribution in [-0.2, 0) is 6.54 Å². The summed E-state index contributed by atoms with van der Waals surface area (Å²) in [7, 11) is 0. The van der Waals surface area contributed by atoms with Gasteiger partial charge in [-0.2, -0.15) is 0 Å². The number of nitrogens with one attached hydrogen (secondary N) is 2. The first kappa shape index (κ1) is 13.1. The highest BCUT2D eigenvalue weighted by atomic mass is 16.2. The number of nitrogens with zero attached hydrogens (tertiary/aromatic N) is 1. The predicted octanol–water partition coefficient (Wildman–Crippen LogP) is 3.02. The van der Waals surface area contributed by atoms with Crippen LogP contribution in [0.15, 0.2) is 42.6 Å². The molecule has 0 spiro atoms. The first-order valence-corrected chi connectivity index (χ1v) is 6.16. The van der Waals surface area contributed by atoms with Crippen molar-refractivity contribution in [3.63, 3.8) is 0 Å². The Kier molecular flexibility index (Phi) is 4.13. The fourth-order valence-electron chi connectivity index (χ4n) is 1.65. The molecular weight excluding hydrogens is 238 g/mol. The van der Waals surface area contributed by atoms with Gasteiger partial charge in [0.25, 0.3) is 0 Å². The van der Waals surface area contributed by atoms with Crippen LogP contribution >= 0.6 is 0 Å². The zero-order valence-electron chi connectivity index (χ0n) is 11.1. The van der Waals surface area contributed by atoms with Crippen molar-refractivity contribution in [2.24, 2.45) is 0 Å². The minimum atomic E-state index is -0.251. The molecule has 2 amide bonds. The Bertz CT molecular complexity index is 564. The van der Waals surface area contributed by atoms with E-state index in [1.807, 2.05) is 50.2 Å². The Labute approximate surface area is 112 Å². The van der Waals surface area contributed by atoms with Gasteiger partial charge in [0.1, 0.15) is 5.82 Å². The van der Waals surface area contributed by atoms with E-state index in [1.54, 1.807) is 6.20 Å². The Morgan fingerprint density at radius 2 is 1.84 bits per heavy atom. The van der Waals surface area contributed by atoms with Gasteiger partial charge in [0.2, 0.25) is 0 Å². The minimum absolute atomic E-state index is 0.251. The lowest BCUT2D eigenvalue weighted by Crippen LogP contribution is -2.28. The van der Waals surface area contributed by atoms with E-state index in [2.05, 4.69) is 15.6 Å². The smallest absolute Gasteiger partial charge is 0.320 e. The number of aryl methyl sites for hydroxylation is 2. The number of urea groups is 1. The molecule has 19 heavy (non-hydrogen) atoms. The molecule has 0 radical (unpaired) electrons. The third-order valence-electron chi connectivity index (χ3n) is 2.73. The van der Waals surface area contributed by atoms with Gasteiger partial charge in [0.05, 0.1) is 0 Å². The van der Waals surface area contributed by atoms with Gasteiger partial charge in [-0.15, -0.1) is 0 Å². The maximum absolute atomic E-state index is 11.7. The van der Waals surface area contributed by atoms with Crippen molar-refractivity contribution >= 4 is 11.8 Å². The van der Waals surface area contributed by atoms with Gasteiger partial charge < -0.3 is 5.32 Å². The number of benzene rings is 1. The van der Waals surface area contributed by atoms with Crippen molar-refractivity contribution in [3.8, 4) is 0 Å². The number of anilines is 1. The molecule has 4 heteroatoms. The Morgan fingerprint density at radius 1 is 1.11 bits per heavy atom. The maximum Gasteiger partial charge on any atom is 0.320 e. The van der Waals surface area contributed by atoms with E-state index in [4.69, 9.17) is 0 Å². The Morgan fingerprint density at radius 3 is 2.53 bits per heavy atom. The first-order chi connectivity index (χ1) is 9.13. The van der Waals surface area contributed by atoms with Gasteiger partial charge in [-0.25, -0.2) is 9.78 Å². The van der Waals surface area contributed by atoms with Gasteiger partial charge in [-0.3, -0.25) is 5.32 Å². The van der Waals surface area contributed by atoms with E-state index in [0.717, 1.165) is 11.1 Å². The average Bonchev–Trinajstić information content (AvgIpc) is 2.38. The fourth-order valence-corrected chi connectivity index (χ4v) is 1.65. The lowest BCUT2D eigenvalue weighted by molar-refractivity contribution is 0.251. The van der Waals surface area contributed by atoms with E-state index in [9.17, 15) is 4.79 Å². The lowest BCUT2D eigenvalue weighted by atomic mass is 10.1. The lowest BCUT2D eigenvalue weighted by Gasteiger charge is -2.07. The predicted molar refractivity (Wildman–Crippen MR) is 76.0 cm³/mol. The summed E-state index contributed by atoms with van der Waals surface area (Å²) in [5, 5.41) is 5.50. The number of pyridine rings is 1. The molecule has 1 heterocycles. The molecule has 0 saturated heterocycles. The molecule has 2 aromatic rings. The van der Waals surface area contributed by atoms with Crippen LogP contribution in [0.2, 0.25) is 0 Å². The van der Waals surface area contributed by atoms with E-state index < -0.39 is 0 Å². The second kappa shape index (κ2) is 6.00. The molecule has 0 saturated carbocycles. The molecular formula is C15H17N3O. The van der Waals surface area contributed by atoms with Gasteiger partial charge in [-0.1, -0.05) is 29.8 Å². The fraction of sp³-hybridized carbons (Fsp3) is 0.200. The molecule has 0 unspecified atom stereocenters. The van der Waals surface area contributed by atoms with Crippen LogP contribution in [0.3, 0.4) is 0 Å². The largest absolute Gasteiger partial charge is 0.334 e. The molecule has 1 aromatic heterocycles. The molecule has 1 aromatic carbocycles. The van der Waals surface area contributed by atoms with Crippen LogP contribution in [0.1, 0.15) is 16.7 Å². The summed E-state index contributed by atoms with van der Waals surface area (Å²) >= 11 is 0. The quantitative estimate of drug-likeness (QED) is 0.885. The SMILES string of the molecule is Cc1ccc(CNC(=O)Nc2cc(C)ccn2)cc1. The van der Waals surface area contributed by atoms with Crippen LogP contribution in [0, 0.1) is 13.8 Å². The number of amides is 2. The molecule has 4 nitrogen and oxygen atoms in total. The van der Waals surface area contributed by atoms with Crippen LogP contribution in [0.5, 0.6) is 0 Å². The number of hydrogen-bond donors (Lipinski definition) is 2. The summed E-state index contributed by atoms with van der Waals surface area (Å²) in [6.07, 6.45) is 1.67. The van der Waals surface area contributed by atoms with E-state index in [0.29, 0.717) is 12.4 Å². The summed E-state index contributed by atoms with van der Waals surface area (Å²) in [6, 6.07) is 11.5. The summed E-state index contributed by atoms with van der Waals surface area (Å²) in [5.74, 6) is 0.557. The average molecular weight is 255 g/mol. The second-order valence-corrected chi connectivity index (χ2v) is 4.51. The van der Waals surface area contributed by atoms with Crippen molar-refractivity contribution in [2.45, 2.75) is 20.4 Å². The molecule has 0 atom stereocenters. The molecule has 0 fully saturated rings. The monoisotopic (exact) mass is 255 g/mol. The van der Waals surface area contributed by atoms with Crippen molar-refractivity contribution < 1.29 is 4.79 Å². The molecule has 0 aliphatic carbocycles. The summed E-state index contributed by atoms with van der Waals surface area (Å²) in [5.41, 5.74) is 3.33. The topological polar surface area (TPSA) is 54.0 Å². The standard InChI is InChI=1S/C15H17N3O/c1-11-3-5-13(6-4-11)10-17-15(19)18-14-9-12(2)7-8-16-14/h3-9H,10H2,1-2H3,(H2,16,17,18,19). The van der Waals surface area contributed by atoms with Crippen LogP contribution in [-0.4, -0.2) is 11.0 Å². The third kappa shape index (κ3) is 4.10. The van der Waals surface area contributed by atoms with Crippen molar-refractivity contribution in [3.05, 3.63) is 59.3 Å². The summed E-state index contributed by atoms with van der Waals surface area (Å²) in [6.45, 7) is 4.49. The highest BCUT2D eigenvalue weighted by molar-refractivity contribution is 5.88. The molecule has 0 aliphatic heterocycles. The summed E-state index contributed by atoms with van der Waals surface area (Å²) in [4.78, 5) is 15.8. The molecule has 2 N–H and O–H groups in total. The van der Waals surface area contributed by atoms with Gasteiger partial charge in [0, 0.05) is 12.7 Å². The number of carbonyl (C=O) groups is 1. The molecule has 2 rings (SSSR count).